The smallest absolute Gasteiger partial charge is 0.246 e. The number of halogens is 2. The van der Waals surface area contributed by atoms with Crippen LogP contribution in [0.15, 0.2) is 23.1 Å². The van der Waals surface area contributed by atoms with E-state index in [4.69, 9.17) is 0 Å². The molecule has 2 fully saturated rings. The van der Waals surface area contributed by atoms with Crippen LogP contribution in [0.5, 0.6) is 0 Å². The molecule has 11 heteroatoms. The highest BCUT2D eigenvalue weighted by atomic mass is 32.2. The number of thioether (sulfide) groups is 1. The van der Waals surface area contributed by atoms with Crippen LogP contribution in [0.3, 0.4) is 0 Å². The number of amides is 2. The van der Waals surface area contributed by atoms with Gasteiger partial charge in [0.1, 0.15) is 22.6 Å². The van der Waals surface area contributed by atoms with Crippen LogP contribution < -0.4 is 5.32 Å². The van der Waals surface area contributed by atoms with Crippen molar-refractivity contribution in [3.05, 3.63) is 29.8 Å². The highest BCUT2D eigenvalue weighted by Crippen LogP contribution is 2.30. The maximum Gasteiger partial charge on any atom is 0.246 e. The normalized spacial score (nSPS) is 21.3. The SMILES string of the molecule is CC(C)(C)NC(=O)[C@@H]1CSCN1C(=O)C1CCN(S(=O)(=O)c2cc(F)ccc2F)CC1. The number of hydrogen-bond donors (Lipinski definition) is 1. The van der Waals surface area contributed by atoms with Gasteiger partial charge in [-0.25, -0.2) is 17.2 Å². The van der Waals surface area contributed by atoms with Crippen LogP contribution in [0.1, 0.15) is 33.6 Å². The van der Waals surface area contributed by atoms with E-state index in [-0.39, 0.29) is 37.7 Å². The van der Waals surface area contributed by atoms with Gasteiger partial charge in [0, 0.05) is 30.3 Å². The molecule has 1 N–H and O–H groups in total. The van der Waals surface area contributed by atoms with Crippen molar-refractivity contribution in [1.82, 2.24) is 14.5 Å². The van der Waals surface area contributed by atoms with Crippen molar-refractivity contribution in [3.63, 3.8) is 0 Å². The summed E-state index contributed by atoms with van der Waals surface area (Å²) in [5.41, 5.74) is -0.412. The number of carbonyl (C=O) groups is 2. The van der Waals surface area contributed by atoms with E-state index in [0.717, 1.165) is 16.4 Å². The van der Waals surface area contributed by atoms with Gasteiger partial charge in [0.25, 0.3) is 0 Å². The molecule has 0 aromatic heterocycles. The number of benzene rings is 1. The fourth-order valence-electron chi connectivity index (χ4n) is 3.72. The summed E-state index contributed by atoms with van der Waals surface area (Å²) in [7, 11) is -4.20. The summed E-state index contributed by atoms with van der Waals surface area (Å²) in [6, 6.07) is 1.76. The van der Waals surface area contributed by atoms with Gasteiger partial charge in [-0.05, 0) is 51.8 Å². The predicted octanol–water partition coefficient (Wildman–Crippen LogP) is 2.18. The lowest BCUT2D eigenvalue weighted by atomic mass is 9.96. The molecule has 1 aromatic carbocycles. The molecule has 1 aromatic rings. The van der Waals surface area contributed by atoms with Crippen molar-refractivity contribution in [2.45, 2.75) is 50.1 Å². The minimum Gasteiger partial charge on any atom is -0.350 e. The monoisotopic (exact) mass is 475 g/mol. The molecule has 0 radical (unpaired) electrons. The molecular weight excluding hydrogens is 448 g/mol. The fraction of sp³-hybridized carbons (Fsp3) is 0.600. The van der Waals surface area contributed by atoms with Crippen molar-refractivity contribution in [3.8, 4) is 0 Å². The molecule has 2 heterocycles. The molecule has 1 atom stereocenters. The number of piperidine rings is 1. The first-order valence-corrected chi connectivity index (χ1v) is 12.6. The second-order valence-electron chi connectivity index (χ2n) is 8.82. The zero-order chi connectivity index (χ0) is 23.0. The molecule has 31 heavy (non-hydrogen) atoms. The van der Waals surface area contributed by atoms with E-state index in [9.17, 15) is 26.8 Å². The summed E-state index contributed by atoms with van der Waals surface area (Å²) in [5.74, 6) is -1.72. The van der Waals surface area contributed by atoms with Gasteiger partial charge in [-0.1, -0.05) is 0 Å². The van der Waals surface area contributed by atoms with E-state index >= 15 is 0 Å². The second-order valence-corrected chi connectivity index (χ2v) is 11.7. The average molecular weight is 476 g/mol. The Morgan fingerprint density at radius 2 is 1.81 bits per heavy atom. The Kier molecular flexibility index (Phi) is 6.97. The third kappa shape index (κ3) is 5.38. The molecule has 0 unspecified atom stereocenters. The first-order valence-electron chi connectivity index (χ1n) is 10.1. The van der Waals surface area contributed by atoms with Crippen LogP contribution >= 0.6 is 11.8 Å². The quantitative estimate of drug-likeness (QED) is 0.722. The van der Waals surface area contributed by atoms with Crippen LogP contribution in [0.4, 0.5) is 8.78 Å². The molecular formula is C20H27F2N3O4S2. The Balaban J connectivity index is 1.65. The summed E-state index contributed by atoms with van der Waals surface area (Å²) in [6.45, 7) is 5.66. The molecule has 2 aliphatic rings. The van der Waals surface area contributed by atoms with E-state index in [2.05, 4.69) is 5.32 Å². The van der Waals surface area contributed by atoms with Gasteiger partial charge in [-0.2, -0.15) is 4.31 Å². The van der Waals surface area contributed by atoms with Crippen LogP contribution in [0, 0.1) is 17.6 Å². The number of hydrogen-bond acceptors (Lipinski definition) is 5. The van der Waals surface area contributed by atoms with E-state index in [1.165, 1.54) is 11.8 Å². The zero-order valence-corrected chi connectivity index (χ0v) is 19.4. The number of nitrogens with zero attached hydrogens (tertiary/aromatic N) is 2. The van der Waals surface area contributed by atoms with E-state index in [1.54, 1.807) is 4.90 Å². The van der Waals surface area contributed by atoms with Gasteiger partial charge < -0.3 is 10.2 Å². The molecule has 172 valence electrons. The Hall–Kier alpha value is -1.72. The summed E-state index contributed by atoms with van der Waals surface area (Å²) in [5, 5.41) is 2.90. The molecule has 7 nitrogen and oxygen atoms in total. The Morgan fingerprint density at radius 1 is 1.16 bits per heavy atom. The summed E-state index contributed by atoms with van der Waals surface area (Å²) in [4.78, 5) is 26.5. The molecule has 0 spiro atoms. The lowest BCUT2D eigenvalue weighted by Crippen LogP contribution is -2.54. The molecule has 3 rings (SSSR count). The van der Waals surface area contributed by atoms with E-state index in [0.29, 0.717) is 17.7 Å². The maximum absolute atomic E-state index is 14.0. The zero-order valence-electron chi connectivity index (χ0n) is 17.7. The lowest BCUT2D eigenvalue weighted by Gasteiger charge is -2.34. The molecule has 2 aliphatic heterocycles. The summed E-state index contributed by atoms with van der Waals surface area (Å²) < 4.78 is 54.0. The van der Waals surface area contributed by atoms with Crippen molar-refractivity contribution in [2.75, 3.05) is 24.7 Å². The largest absolute Gasteiger partial charge is 0.350 e. The van der Waals surface area contributed by atoms with Crippen LogP contribution in [-0.2, 0) is 19.6 Å². The third-order valence-electron chi connectivity index (χ3n) is 5.28. The Bertz CT molecular complexity index is 958. The predicted molar refractivity (Wildman–Crippen MR) is 114 cm³/mol. The van der Waals surface area contributed by atoms with E-state index in [1.807, 2.05) is 20.8 Å². The van der Waals surface area contributed by atoms with Gasteiger partial charge in [-0.3, -0.25) is 9.59 Å². The van der Waals surface area contributed by atoms with Crippen LogP contribution in [-0.4, -0.2) is 65.7 Å². The van der Waals surface area contributed by atoms with Crippen LogP contribution in [0.2, 0.25) is 0 Å². The van der Waals surface area contributed by atoms with Gasteiger partial charge in [0.05, 0.1) is 5.88 Å². The molecule has 2 saturated heterocycles. The van der Waals surface area contributed by atoms with Crippen LogP contribution in [0.25, 0.3) is 0 Å². The highest BCUT2D eigenvalue weighted by Gasteiger charge is 2.40. The second kappa shape index (κ2) is 9.03. The van der Waals surface area contributed by atoms with Crippen molar-refractivity contribution in [2.24, 2.45) is 5.92 Å². The first-order chi connectivity index (χ1) is 14.4. The first kappa shape index (κ1) is 23.9. The number of rotatable bonds is 4. The Morgan fingerprint density at radius 3 is 2.42 bits per heavy atom. The molecule has 0 bridgehead atoms. The average Bonchev–Trinajstić information content (AvgIpc) is 3.18. The third-order valence-corrected chi connectivity index (χ3v) is 8.21. The van der Waals surface area contributed by atoms with Gasteiger partial charge in [-0.15, -0.1) is 11.8 Å². The summed E-state index contributed by atoms with van der Waals surface area (Å²) in [6.07, 6.45) is 0.507. The van der Waals surface area contributed by atoms with Crippen molar-refractivity contribution < 1.29 is 26.8 Å². The molecule has 2 amide bonds. The topological polar surface area (TPSA) is 86.8 Å². The fourth-order valence-corrected chi connectivity index (χ4v) is 6.43. The van der Waals surface area contributed by atoms with Gasteiger partial charge in [0.15, 0.2) is 0 Å². The summed E-state index contributed by atoms with van der Waals surface area (Å²) >= 11 is 1.50. The minimum absolute atomic E-state index is 0.0224. The minimum atomic E-state index is -4.20. The number of carbonyl (C=O) groups excluding carboxylic acids is 2. The maximum atomic E-state index is 14.0. The number of nitrogens with one attached hydrogen (secondary N) is 1. The lowest BCUT2D eigenvalue weighted by molar-refractivity contribution is -0.142. The standard InChI is InChI=1S/C20H27F2N3O4S2/c1-20(2,3)23-18(26)16-11-30-12-25(16)19(27)13-6-8-24(9-7-13)31(28,29)17-10-14(21)4-5-15(17)22/h4-5,10,13,16H,6-9,11-12H2,1-3H3,(H,23,26)/t16-/m0/s1. The van der Waals surface area contributed by atoms with E-state index < -0.39 is 44.1 Å². The van der Waals surface area contributed by atoms with Gasteiger partial charge >= 0.3 is 0 Å². The molecule has 0 aliphatic carbocycles. The Labute approximate surface area is 185 Å². The van der Waals surface area contributed by atoms with Crippen molar-refractivity contribution >= 4 is 33.6 Å². The highest BCUT2D eigenvalue weighted by molar-refractivity contribution is 7.99. The van der Waals surface area contributed by atoms with Gasteiger partial charge in [0.2, 0.25) is 21.8 Å². The molecule has 0 saturated carbocycles. The van der Waals surface area contributed by atoms with Crippen molar-refractivity contribution in [1.29, 1.82) is 0 Å². The number of sulfonamides is 1.